The number of rotatable bonds is 6. The Morgan fingerprint density at radius 2 is 2.04 bits per heavy atom. The van der Waals surface area contributed by atoms with E-state index >= 15 is 0 Å². The molecule has 2 aromatic rings. The van der Waals surface area contributed by atoms with Crippen molar-refractivity contribution in [2.45, 2.75) is 19.4 Å². The van der Waals surface area contributed by atoms with Gasteiger partial charge in [0.25, 0.3) is 0 Å². The molecule has 0 bridgehead atoms. The highest BCUT2D eigenvalue weighted by Gasteiger charge is 2.18. The van der Waals surface area contributed by atoms with Gasteiger partial charge in [0.1, 0.15) is 0 Å². The molecule has 126 valence electrons. The number of amides is 1. The van der Waals surface area contributed by atoms with Crippen LogP contribution in [0.3, 0.4) is 0 Å². The van der Waals surface area contributed by atoms with Crippen LogP contribution in [0.4, 0.5) is 0 Å². The lowest BCUT2D eigenvalue weighted by Gasteiger charge is -2.17. The Balaban J connectivity index is 2.09. The summed E-state index contributed by atoms with van der Waals surface area (Å²) in [5, 5.41) is 6.88. The number of esters is 1. The quantitative estimate of drug-likeness (QED) is 0.652. The van der Waals surface area contributed by atoms with Crippen LogP contribution in [0, 0.1) is 6.92 Å². The van der Waals surface area contributed by atoms with Crippen LogP contribution in [0.15, 0.2) is 42.7 Å². The van der Waals surface area contributed by atoms with E-state index in [4.69, 9.17) is 4.74 Å². The fourth-order valence-corrected chi connectivity index (χ4v) is 2.22. The van der Waals surface area contributed by atoms with Crippen molar-refractivity contribution in [3.63, 3.8) is 0 Å². The largest absolute Gasteiger partial charge is 0.469 e. The summed E-state index contributed by atoms with van der Waals surface area (Å²) in [6, 6.07) is 7.24. The molecule has 1 heterocycles. The highest BCUT2D eigenvalue weighted by molar-refractivity contribution is 5.92. The molecule has 2 rings (SSSR count). The molecule has 0 saturated heterocycles. The number of methoxy groups -OCH3 is 1. The second-order valence-corrected chi connectivity index (χ2v) is 5.53. The van der Waals surface area contributed by atoms with E-state index in [2.05, 4.69) is 10.4 Å². The highest BCUT2D eigenvalue weighted by atomic mass is 16.5. The smallest absolute Gasteiger partial charge is 0.307 e. The van der Waals surface area contributed by atoms with Crippen LogP contribution in [-0.4, -0.2) is 28.8 Å². The van der Waals surface area contributed by atoms with Crippen LogP contribution in [0.1, 0.15) is 29.2 Å². The first-order chi connectivity index (χ1) is 11.5. The van der Waals surface area contributed by atoms with Crippen molar-refractivity contribution in [2.24, 2.45) is 7.05 Å². The van der Waals surface area contributed by atoms with Gasteiger partial charge in [-0.15, -0.1) is 0 Å². The average molecular weight is 327 g/mol. The Morgan fingerprint density at radius 1 is 1.33 bits per heavy atom. The van der Waals surface area contributed by atoms with E-state index in [0.717, 1.165) is 16.7 Å². The van der Waals surface area contributed by atoms with Gasteiger partial charge in [-0.3, -0.25) is 14.3 Å². The van der Waals surface area contributed by atoms with Crippen molar-refractivity contribution in [2.75, 3.05) is 7.11 Å². The lowest BCUT2D eigenvalue weighted by Crippen LogP contribution is -2.29. The van der Waals surface area contributed by atoms with Crippen molar-refractivity contribution in [1.82, 2.24) is 15.1 Å². The molecule has 0 radical (unpaired) electrons. The summed E-state index contributed by atoms with van der Waals surface area (Å²) in [7, 11) is 3.14. The molecule has 1 atom stereocenters. The molecule has 0 aliphatic heterocycles. The van der Waals surface area contributed by atoms with E-state index in [1.807, 2.05) is 31.2 Å². The van der Waals surface area contributed by atoms with Crippen LogP contribution in [0.2, 0.25) is 0 Å². The van der Waals surface area contributed by atoms with E-state index in [1.54, 1.807) is 30.2 Å². The van der Waals surface area contributed by atoms with Crippen LogP contribution in [0.5, 0.6) is 0 Å². The van der Waals surface area contributed by atoms with Crippen molar-refractivity contribution >= 4 is 18.0 Å². The first-order valence-electron chi connectivity index (χ1n) is 7.58. The van der Waals surface area contributed by atoms with Gasteiger partial charge in [-0.1, -0.05) is 29.8 Å². The first-order valence-corrected chi connectivity index (χ1v) is 7.58. The summed E-state index contributed by atoms with van der Waals surface area (Å²) in [5.74, 6) is -0.662. The molecule has 0 spiro atoms. The van der Waals surface area contributed by atoms with E-state index < -0.39 is 6.04 Å². The summed E-state index contributed by atoms with van der Waals surface area (Å²) in [6.07, 6.45) is 6.64. The molecule has 0 aliphatic carbocycles. The van der Waals surface area contributed by atoms with Gasteiger partial charge in [0, 0.05) is 24.9 Å². The molecule has 1 unspecified atom stereocenters. The predicted molar refractivity (Wildman–Crippen MR) is 90.9 cm³/mol. The molecule has 0 fully saturated rings. The first kappa shape index (κ1) is 17.5. The Morgan fingerprint density at radius 3 is 2.62 bits per heavy atom. The van der Waals surface area contributed by atoms with Gasteiger partial charge < -0.3 is 10.1 Å². The Bertz CT molecular complexity index is 732. The lowest BCUT2D eigenvalue weighted by molar-refractivity contribution is -0.141. The SMILES string of the molecule is COC(=O)CC(NC(=O)C=Cc1cnn(C)c1)c1ccc(C)cc1. The van der Waals surface area contributed by atoms with Gasteiger partial charge in [0.05, 0.1) is 25.8 Å². The summed E-state index contributed by atoms with van der Waals surface area (Å²) in [6.45, 7) is 1.98. The van der Waals surface area contributed by atoms with Crippen molar-refractivity contribution in [1.29, 1.82) is 0 Å². The third-order valence-electron chi connectivity index (χ3n) is 3.55. The van der Waals surface area contributed by atoms with E-state index in [9.17, 15) is 9.59 Å². The maximum absolute atomic E-state index is 12.2. The molecule has 6 nitrogen and oxygen atoms in total. The number of nitrogens with zero attached hydrogens (tertiary/aromatic N) is 2. The number of benzene rings is 1. The molecule has 6 heteroatoms. The number of hydrogen-bond donors (Lipinski definition) is 1. The molecule has 1 aromatic carbocycles. The van der Waals surface area contributed by atoms with Crippen molar-refractivity contribution in [3.05, 3.63) is 59.4 Å². The molecule has 24 heavy (non-hydrogen) atoms. The fourth-order valence-electron chi connectivity index (χ4n) is 2.22. The third kappa shape index (κ3) is 5.08. The van der Waals surface area contributed by atoms with Gasteiger partial charge in [-0.25, -0.2) is 0 Å². The van der Waals surface area contributed by atoms with E-state index in [-0.39, 0.29) is 18.3 Å². The molecular formula is C18H21N3O3. The number of ether oxygens (including phenoxy) is 1. The Labute approximate surface area is 141 Å². The topological polar surface area (TPSA) is 73.2 Å². The maximum atomic E-state index is 12.2. The second kappa shape index (κ2) is 8.10. The Kier molecular flexibility index (Phi) is 5.89. The minimum Gasteiger partial charge on any atom is -0.469 e. The average Bonchev–Trinajstić information content (AvgIpc) is 2.98. The lowest BCUT2D eigenvalue weighted by atomic mass is 10.0. The maximum Gasteiger partial charge on any atom is 0.307 e. The number of carbonyl (C=O) groups is 2. The van der Waals surface area contributed by atoms with Gasteiger partial charge in [0.15, 0.2) is 0 Å². The summed E-state index contributed by atoms with van der Waals surface area (Å²) < 4.78 is 6.38. The van der Waals surface area contributed by atoms with Gasteiger partial charge >= 0.3 is 5.97 Å². The van der Waals surface area contributed by atoms with Crippen molar-refractivity contribution < 1.29 is 14.3 Å². The molecule has 1 aromatic heterocycles. The molecule has 1 N–H and O–H groups in total. The van der Waals surface area contributed by atoms with Crippen LogP contribution >= 0.6 is 0 Å². The molecule has 0 aliphatic rings. The van der Waals surface area contributed by atoms with Crippen LogP contribution < -0.4 is 5.32 Å². The predicted octanol–water partition coefficient (Wildman–Crippen LogP) is 2.16. The highest BCUT2D eigenvalue weighted by Crippen LogP contribution is 2.18. The zero-order valence-electron chi connectivity index (χ0n) is 14.0. The number of carbonyl (C=O) groups excluding carboxylic acids is 2. The van der Waals surface area contributed by atoms with Gasteiger partial charge in [-0.05, 0) is 18.6 Å². The zero-order valence-corrected chi connectivity index (χ0v) is 14.0. The monoisotopic (exact) mass is 327 g/mol. The molecule has 0 saturated carbocycles. The summed E-state index contributed by atoms with van der Waals surface area (Å²) in [5.41, 5.74) is 2.79. The minimum absolute atomic E-state index is 0.0754. The third-order valence-corrected chi connectivity index (χ3v) is 3.55. The van der Waals surface area contributed by atoms with E-state index in [1.165, 1.54) is 13.2 Å². The van der Waals surface area contributed by atoms with Crippen molar-refractivity contribution in [3.8, 4) is 0 Å². The standard InChI is InChI=1S/C18H21N3O3/c1-13-4-7-15(8-5-13)16(10-18(23)24-3)20-17(22)9-6-14-11-19-21(2)12-14/h4-9,11-12,16H,10H2,1-3H3,(H,20,22). The molecular weight excluding hydrogens is 306 g/mol. The number of aromatic nitrogens is 2. The summed E-state index contributed by atoms with van der Waals surface area (Å²) >= 11 is 0. The number of aryl methyl sites for hydroxylation is 2. The second-order valence-electron chi connectivity index (χ2n) is 5.53. The normalized spacial score (nSPS) is 12.1. The zero-order chi connectivity index (χ0) is 17.5. The fraction of sp³-hybridized carbons (Fsp3) is 0.278. The summed E-state index contributed by atoms with van der Waals surface area (Å²) in [4.78, 5) is 23.8. The van der Waals surface area contributed by atoms with Gasteiger partial charge in [0.2, 0.25) is 5.91 Å². The molecule has 1 amide bonds. The van der Waals surface area contributed by atoms with Crippen LogP contribution in [-0.2, 0) is 21.4 Å². The number of nitrogens with one attached hydrogen (secondary N) is 1. The Hall–Kier alpha value is -2.89. The van der Waals surface area contributed by atoms with Gasteiger partial charge in [-0.2, -0.15) is 5.10 Å². The van der Waals surface area contributed by atoms with Crippen LogP contribution in [0.25, 0.3) is 6.08 Å². The minimum atomic E-state index is -0.441. The van der Waals surface area contributed by atoms with E-state index in [0.29, 0.717) is 0 Å². The number of hydrogen-bond acceptors (Lipinski definition) is 4.